The fraction of sp³-hybridized carbons (Fsp3) is 0.333. The minimum absolute atomic E-state index is 0.0395. The Morgan fingerprint density at radius 3 is 2.19 bits per heavy atom. The SMILES string of the molecule is CC(C)CC(CO)(Nc1ccc(Cl)cc1)c1ccccc1. The second kappa shape index (κ2) is 6.97. The smallest absolute Gasteiger partial charge is 0.0859 e. The Morgan fingerprint density at radius 2 is 1.67 bits per heavy atom. The predicted molar refractivity (Wildman–Crippen MR) is 89.7 cm³/mol. The zero-order valence-electron chi connectivity index (χ0n) is 12.5. The van der Waals surface area contributed by atoms with Crippen molar-refractivity contribution in [3.8, 4) is 0 Å². The van der Waals surface area contributed by atoms with Crippen molar-refractivity contribution < 1.29 is 5.11 Å². The van der Waals surface area contributed by atoms with Gasteiger partial charge in [0.2, 0.25) is 0 Å². The van der Waals surface area contributed by atoms with Crippen LogP contribution < -0.4 is 5.32 Å². The van der Waals surface area contributed by atoms with Crippen LogP contribution in [-0.2, 0) is 5.54 Å². The summed E-state index contributed by atoms with van der Waals surface area (Å²) in [4.78, 5) is 0. The van der Waals surface area contributed by atoms with Gasteiger partial charge in [0.25, 0.3) is 0 Å². The van der Waals surface area contributed by atoms with Crippen molar-refractivity contribution >= 4 is 17.3 Å². The van der Waals surface area contributed by atoms with E-state index in [2.05, 4.69) is 31.3 Å². The Balaban J connectivity index is 2.37. The van der Waals surface area contributed by atoms with E-state index in [0.29, 0.717) is 10.9 Å². The third kappa shape index (κ3) is 3.99. The van der Waals surface area contributed by atoms with Gasteiger partial charge in [-0.05, 0) is 42.2 Å². The average molecular weight is 304 g/mol. The molecule has 0 radical (unpaired) electrons. The van der Waals surface area contributed by atoms with Gasteiger partial charge in [-0.15, -0.1) is 0 Å². The van der Waals surface area contributed by atoms with E-state index in [1.807, 2.05) is 42.5 Å². The van der Waals surface area contributed by atoms with Crippen LogP contribution >= 0.6 is 11.6 Å². The maximum Gasteiger partial charge on any atom is 0.0859 e. The van der Waals surface area contributed by atoms with Gasteiger partial charge in [-0.2, -0.15) is 0 Å². The van der Waals surface area contributed by atoms with Crippen LogP contribution in [0.25, 0.3) is 0 Å². The molecule has 0 amide bonds. The first kappa shape index (κ1) is 15.9. The van der Waals surface area contributed by atoms with Crippen molar-refractivity contribution in [2.45, 2.75) is 25.8 Å². The first-order chi connectivity index (χ1) is 10.1. The van der Waals surface area contributed by atoms with E-state index in [-0.39, 0.29) is 6.61 Å². The molecule has 0 fully saturated rings. The van der Waals surface area contributed by atoms with Crippen LogP contribution in [-0.4, -0.2) is 11.7 Å². The Kier molecular flexibility index (Phi) is 5.27. The third-order valence-corrected chi connectivity index (χ3v) is 3.83. The average Bonchev–Trinajstić information content (AvgIpc) is 2.49. The van der Waals surface area contributed by atoms with E-state index in [1.54, 1.807) is 0 Å². The van der Waals surface area contributed by atoms with Crippen LogP contribution in [0.5, 0.6) is 0 Å². The van der Waals surface area contributed by atoms with Gasteiger partial charge >= 0.3 is 0 Å². The van der Waals surface area contributed by atoms with E-state index in [4.69, 9.17) is 11.6 Å². The summed E-state index contributed by atoms with van der Waals surface area (Å²) in [6, 6.07) is 17.7. The zero-order chi connectivity index (χ0) is 15.3. The van der Waals surface area contributed by atoms with Gasteiger partial charge < -0.3 is 10.4 Å². The highest BCUT2D eigenvalue weighted by molar-refractivity contribution is 6.30. The minimum Gasteiger partial charge on any atom is -0.394 e. The highest BCUT2D eigenvalue weighted by atomic mass is 35.5. The van der Waals surface area contributed by atoms with Crippen LogP contribution in [0.15, 0.2) is 54.6 Å². The zero-order valence-corrected chi connectivity index (χ0v) is 13.3. The fourth-order valence-electron chi connectivity index (χ4n) is 2.70. The van der Waals surface area contributed by atoms with E-state index in [1.165, 1.54) is 0 Å². The van der Waals surface area contributed by atoms with Gasteiger partial charge in [-0.3, -0.25) is 0 Å². The molecule has 0 heterocycles. The number of hydrogen-bond acceptors (Lipinski definition) is 2. The molecule has 112 valence electrons. The van der Waals surface area contributed by atoms with Crippen LogP contribution in [0.2, 0.25) is 5.02 Å². The van der Waals surface area contributed by atoms with Gasteiger partial charge in [-0.1, -0.05) is 55.8 Å². The lowest BCUT2D eigenvalue weighted by atomic mass is 9.82. The molecule has 2 nitrogen and oxygen atoms in total. The molecule has 3 heteroatoms. The quantitative estimate of drug-likeness (QED) is 0.811. The molecule has 0 saturated carbocycles. The fourth-order valence-corrected chi connectivity index (χ4v) is 2.83. The molecule has 2 rings (SSSR count). The number of anilines is 1. The Bertz CT molecular complexity index is 553. The Hall–Kier alpha value is -1.51. The highest BCUT2D eigenvalue weighted by Crippen LogP contribution is 2.32. The van der Waals surface area contributed by atoms with Gasteiger partial charge in [0.1, 0.15) is 0 Å². The maximum atomic E-state index is 10.1. The summed E-state index contributed by atoms with van der Waals surface area (Å²) < 4.78 is 0. The van der Waals surface area contributed by atoms with Gasteiger partial charge in [-0.25, -0.2) is 0 Å². The topological polar surface area (TPSA) is 32.3 Å². The lowest BCUT2D eigenvalue weighted by Crippen LogP contribution is -2.40. The number of aliphatic hydroxyl groups is 1. The molecular formula is C18H22ClNO. The Labute approximate surface area is 131 Å². The van der Waals surface area contributed by atoms with E-state index in [0.717, 1.165) is 17.7 Å². The van der Waals surface area contributed by atoms with Crippen LogP contribution in [0.4, 0.5) is 5.69 Å². The summed E-state index contributed by atoms with van der Waals surface area (Å²) in [6.45, 7) is 4.37. The van der Waals surface area contributed by atoms with Gasteiger partial charge in [0.05, 0.1) is 12.1 Å². The van der Waals surface area contributed by atoms with Crippen molar-refractivity contribution in [3.05, 3.63) is 65.2 Å². The molecule has 2 aromatic rings. The van der Waals surface area contributed by atoms with Gasteiger partial charge in [0, 0.05) is 10.7 Å². The second-order valence-electron chi connectivity index (χ2n) is 5.84. The van der Waals surface area contributed by atoms with Crippen molar-refractivity contribution in [3.63, 3.8) is 0 Å². The number of rotatable bonds is 6. The summed E-state index contributed by atoms with van der Waals surface area (Å²) in [5.41, 5.74) is 1.57. The monoisotopic (exact) mass is 303 g/mol. The highest BCUT2D eigenvalue weighted by Gasteiger charge is 2.32. The molecule has 0 aromatic heterocycles. The standard InChI is InChI=1S/C18H22ClNO/c1-14(2)12-18(13-21,15-6-4-3-5-7-15)20-17-10-8-16(19)9-11-17/h3-11,14,20-21H,12-13H2,1-2H3. The predicted octanol–water partition coefficient (Wildman–Crippen LogP) is 4.69. The number of aliphatic hydroxyl groups excluding tert-OH is 1. The second-order valence-corrected chi connectivity index (χ2v) is 6.27. The summed E-state index contributed by atoms with van der Waals surface area (Å²) in [5, 5.41) is 14.3. The molecule has 21 heavy (non-hydrogen) atoms. The van der Waals surface area contributed by atoms with Crippen LogP contribution in [0.3, 0.4) is 0 Å². The summed E-state index contributed by atoms with van der Waals surface area (Å²) >= 11 is 5.94. The molecule has 0 aliphatic carbocycles. The lowest BCUT2D eigenvalue weighted by Gasteiger charge is -2.36. The molecule has 1 atom stereocenters. The number of halogens is 1. The molecule has 0 bridgehead atoms. The largest absolute Gasteiger partial charge is 0.394 e. The number of hydrogen-bond donors (Lipinski definition) is 2. The summed E-state index contributed by atoms with van der Waals surface area (Å²) in [6.07, 6.45) is 0.843. The van der Waals surface area contributed by atoms with Crippen LogP contribution in [0, 0.1) is 5.92 Å². The molecule has 0 saturated heterocycles. The van der Waals surface area contributed by atoms with E-state index in [9.17, 15) is 5.11 Å². The minimum atomic E-state index is -0.483. The molecule has 0 aliphatic heterocycles. The Morgan fingerprint density at radius 1 is 1.05 bits per heavy atom. The maximum absolute atomic E-state index is 10.1. The first-order valence-electron chi connectivity index (χ1n) is 7.26. The lowest BCUT2D eigenvalue weighted by molar-refractivity contribution is 0.190. The van der Waals surface area contributed by atoms with Crippen molar-refractivity contribution in [1.29, 1.82) is 0 Å². The van der Waals surface area contributed by atoms with Crippen LogP contribution in [0.1, 0.15) is 25.8 Å². The first-order valence-corrected chi connectivity index (χ1v) is 7.64. The van der Waals surface area contributed by atoms with Crippen molar-refractivity contribution in [1.82, 2.24) is 0 Å². The number of benzene rings is 2. The molecule has 0 spiro atoms. The molecule has 2 N–H and O–H groups in total. The third-order valence-electron chi connectivity index (χ3n) is 3.58. The normalized spacial score (nSPS) is 14.0. The molecule has 2 aromatic carbocycles. The van der Waals surface area contributed by atoms with Crippen molar-refractivity contribution in [2.24, 2.45) is 5.92 Å². The van der Waals surface area contributed by atoms with E-state index >= 15 is 0 Å². The molecular weight excluding hydrogens is 282 g/mol. The molecule has 0 aliphatic rings. The van der Waals surface area contributed by atoms with Crippen molar-refractivity contribution in [2.75, 3.05) is 11.9 Å². The molecule has 1 unspecified atom stereocenters. The summed E-state index contributed by atoms with van der Waals surface area (Å²) in [5.74, 6) is 0.456. The van der Waals surface area contributed by atoms with Gasteiger partial charge in [0.15, 0.2) is 0 Å². The number of nitrogens with one attached hydrogen (secondary N) is 1. The van der Waals surface area contributed by atoms with E-state index < -0.39 is 5.54 Å². The summed E-state index contributed by atoms with van der Waals surface area (Å²) in [7, 11) is 0.